The first kappa shape index (κ1) is 16.9. The summed E-state index contributed by atoms with van der Waals surface area (Å²) in [6.07, 6.45) is 1.49. The van der Waals surface area contributed by atoms with Crippen LogP contribution in [-0.4, -0.2) is 35.2 Å². The van der Waals surface area contributed by atoms with Crippen molar-refractivity contribution in [1.82, 2.24) is 10.2 Å². The van der Waals surface area contributed by atoms with Crippen molar-refractivity contribution in [1.29, 1.82) is 0 Å². The summed E-state index contributed by atoms with van der Waals surface area (Å²) in [7, 11) is 0. The Hall–Kier alpha value is -2.54. The van der Waals surface area contributed by atoms with Crippen molar-refractivity contribution in [3.63, 3.8) is 0 Å². The molecule has 1 aromatic carbocycles. The van der Waals surface area contributed by atoms with E-state index in [1.54, 1.807) is 0 Å². The van der Waals surface area contributed by atoms with Gasteiger partial charge in [0.25, 0.3) is 0 Å². The number of nitrogens with zero attached hydrogens (tertiary/aromatic N) is 1. The van der Waals surface area contributed by atoms with Crippen molar-refractivity contribution in [3.05, 3.63) is 42.2 Å². The summed E-state index contributed by atoms with van der Waals surface area (Å²) in [6.45, 7) is 7.57. The minimum atomic E-state index is -1.43. The predicted molar refractivity (Wildman–Crippen MR) is 92.4 cm³/mol. The van der Waals surface area contributed by atoms with E-state index in [1.807, 2.05) is 13.8 Å². The average molecular weight is 357 g/mol. The summed E-state index contributed by atoms with van der Waals surface area (Å²) in [4.78, 5) is 40.2. The summed E-state index contributed by atoms with van der Waals surface area (Å²) in [6, 6.07) is 3.65. The third-order valence-electron chi connectivity index (χ3n) is 5.73. The lowest BCUT2D eigenvalue weighted by atomic mass is 9.76. The zero-order chi connectivity index (χ0) is 18.8. The van der Waals surface area contributed by atoms with Gasteiger partial charge in [-0.15, -0.1) is 6.58 Å². The van der Waals surface area contributed by atoms with Crippen LogP contribution in [0.4, 0.5) is 10.1 Å². The lowest BCUT2D eigenvalue weighted by Gasteiger charge is -2.30. The summed E-state index contributed by atoms with van der Waals surface area (Å²) in [5.41, 5.74) is -0.573. The van der Waals surface area contributed by atoms with E-state index >= 15 is 0 Å². The van der Waals surface area contributed by atoms with E-state index in [1.165, 1.54) is 24.3 Å². The van der Waals surface area contributed by atoms with Crippen LogP contribution < -0.4 is 10.6 Å². The molecule has 4 atom stereocenters. The number of nitrogens with one attached hydrogen (secondary N) is 2. The Morgan fingerprint density at radius 1 is 1.31 bits per heavy atom. The Kier molecular flexibility index (Phi) is 3.56. The smallest absolute Gasteiger partial charge is 0.250 e. The zero-order valence-corrected chi connectivity index (χ0v) is 14.6. The molecule has 2 fully saturated rings. The van der Waals surface area contributed by atoms with Crippen molar-refractivity contribution in [3.8, 4) is 0 Å². The number of likely N-dealkylation sites (tertiary alicyclic amines) is 1. The Balaban J connectivity index is 1.92. The summed E-state index contributed by atoms with van der Waals surface area (Å²) in [5, 5.41) is 5.99. The highest BCUT2D eigenvalue weighted by Crippen LogP contribution is 2.53. The van der Waals surface area contributed by atoms with E-state index in [-0.39, 0.29) is 24.4 Å². The molecule has 0 unspecified atom stereocenters. The number of amides is 3. The fourth-order valence-electron chi connectivity index (χ4n) is 4.65. The summed E-state index contributed by atoms with van der Waals surface area (Å²) >= 11 is 0. The minimum absolute atomic E-state index is 0.00714. The van der Waals surface area contributed by atoms with E-state index in [9.17, 15) is 18.8 Å². The number of hydrogen-bond acceptors (Lipinski definition) is 4. The third-order valence-corrected chi connectivity index (χ3v) is 5.73. The SMILES string of the molecule is C=CCN1C(=O)[C@@H]2[C@@H](C1=O)[C@]1(N[C@H]2C(C)C)C(=O)Nc2ccc(F)cc21. The molecule has 1 spiro atoms. The number of imide groups is 1. The van der Waals surface area contributed by atoms with E-state index in [0.717, 1.165) is 4.90 Å². The lowest BCUT2D eigenvalue weighted by Crippen LogP contribution is -2.54. The molecule has 3 amide bonds. The molecule has 1 aromatic rings. The fourth-order valence-corrected chi connectivity index (χ4v) is 4.65. The van der Waals surface area contributed by atoms with Gasteiger partial charge in [-0.1, -0.05) is 19.9 Å². The van der Waals surface area contributed by atoms with Crippen molar-refractivity contribution < 1.29 is 18.8 Å². The largest absolute Gasteiger partial charge is 0.324 e. The predicted octanol–water partition coefficient (Wildman–Crippen LogP) is 1.39. The van der Waals surface area contributed by atoms with Crippen LogP contribution in [0.5, 0.6) is 0 Å². The standard InChI is InChI=1S/C19H20FN3O3/c1-4-7-23-16(24)13-14(17(23)25)19(22-15(13)9(2)3)11-8-10(20)5-6-12(11)21-18(19)26/h4-6,8-9,13-15,22H,1,7H2,2-3H3,(H,21,26)/t13-,14+,15+,19+/m1/s1. The number of hydrogen-bond donors (Lipinski definition) is 2. The van der Waals surface area contributed by atoms with Crippen LogP contribution in [0.2, 0.25) is 0 Å². The van der Waals surface area contributed by atoms with Gasteiger partial charge in [0.15, 0.2) is 0 Å². The number of halogens is 1. The first-order chi connectivity index (χ1) is 12.3. The van der Waals surface area contributed by atoms with Crippen molar-refractivity contribution >= 4 is 23.4 Å². The van der Waals surface area contributed by atoms with Gasteiger partial charge >= 0.3 is 0 Å². The molecule has 0 aliphatic carbocycles. The van der Waals surface area contributed by atoms with Crippen molar-refractivity contribution in [2.75, 3.05) is 11.9 Å². The Morgan fingerprint density at radius 2 is 2.04 bits per heavy atom. The second-order valence-electron chi connectivity index (χ2n) is 7.45. The molecule has 136 valence electrons. The van der Waals surface area contributed by atoms with Crippen molar-refractivity contribution in [2.24, 2.45) is 17.8 Å². The maximum absolute atomic E-state index is 14.0. The molecule has 2 N–H and O–H groups in total. The zero-order valence-electron chi connectivity index (χ0n) is 14.6. The minimum Gasteiger partial charge on any atom is -0.324 e. The van der Waals surface area contributed by atoms with Crippen molar-refractivity contribution in [2.45, 2.75) is 25.4 Å². The average Bonchev–Trinajstić information content (AvgIpc) is 3.17. The number of rotatable bonds is 3. The normalized spacial score (nSPS) is 32.4. The lowest BCUT2D eigenvalue weighted by molar-refractivity contribution is -0.142. The molecule has 6 nitrogen and oxygen atoms in total. The maximum atomic E-state index is 14.0. The quantitative estimate of drug-likeness (QED) is 0.633. The first-order valence-corrected chi connectivity index (χ1v) is 8.68. The molecule has 0 saturated carbocycles. The number of benzene rings is 1. The Morgan fingerprint density at radius 3 is 2.69 bits per heavy atom. The third kappa shape index (κ3) is 1.92. The van der Waals surface area contributed by atoms with Gasteiger partial charge in [0, 0.05) is 23.8 Å². The van der Waals surface area contributed by atoms with Crippen LogP contribution in [0.15, 0.2) is 30.9 Å². The molecule has 3 heterocycles. The Bertz CT molecular complexity index is 852. The van der Waals surface area contributed by atoms with Gasteiger partial charge in [-0.2, -0.15) is 0 Å². The van der Waals surface area contributed by atoms with E-state index in [2.05, 4.69) is 17.2 Å². The molecule has 0 radical (unpaired) electrons. The first-order valence-electron chi connectivity index (χ1n) is 8.68. The maximum Gasteiger partial charge on any atom is 0.250 e. The van der Waals surface area contributed by atoms with E-state index in [4.69, 9.17) is 0 Å². The van der Waals surface area contributed by atoms with E-state index < -0.39 is 35.0 Å². The second-order valence-corrected chi connectivity index (χ2v) is 7.45. The van der Waals surface area contributed by atoms with Crippen LogP contribution in [0.25, 0.3) is 0 Å². The molecular weight excluding hydrogens is 337 g/mol. The number of anilines is 1. The summed E-state index contributed by atoms with van der Waals surface area (Å²) < 4.78 is 14.0. The monoisotopic (exact) mass is 357 g/mol. The second kappa shape index (κ2) is 5.48. The molecule has 26 heavy (non-hydrogen) atoms. The highest BCUT2D eigenvalue weighted by molar-refractivity contribution is 6.15. The van der Waals surface area contributed by atoms with Gasteiger partial charge in [-0.25, -0.2) is 4.39 Å². The van der Waals surface area contributed by atoms with Crippen LogP contribution in [0.1, 0.15) is 19.4 Å². The molecule has 3 aliphatic rings. The number of carbonyl (C=O) groups is 3. The van der Waals surface area contributed by atoms with Gasteiger partial charge in [0.1, 0.15) is 11.4 Å². The van der Waals surface area contributed by atoms with Gasteiger partial charge in [-0.3, -0.25) is 24.6 Å². The molecule has 4 rings (SSSR count). The van der Waals surface area contributed by atoms with Crippen LogP contribution >= 0.6 is 0 Å². The Labute approximate surface area is 150 Å². The molecule has 2 saturated heterocycles. The molecule has 3 aliphatic heterocycles. The highest BCUT2D eigenvalue weighted by atomic mass is 19.1. The molecule has 0 aromatic heterocycles. The van der Waals surface area contributed by atoms with Crippen LogP contribution in [0, 0.1) is 23.6 Å². The van der Waals surface area contributed by atoms with E-state index in [0.29, 0.717) is 11.3 Å². The molecule has 7 heteroatoms. The van der Waals surface area contributed by atoms with Gasteiger partial charge < -0.3 is 5.32 Å². The van der Waals surface area contributed by atoms with Crippen LogP contribution in [-0.2, 0) is 19.9 Å². The molecular formula is C19H20FN3O3. The van der Waals surface area contributed by atoms with Gasteiger partial charge in [0.2, 0.25) is 17.7 Å². The number of carbonyl (C=O) groups excluding carboxylic acids is 3. The topological polar surface area (TPSA) is 78.5 Å². The van der Waals surface area contributed by atoms with Gasteiger partial charge in [-0.05, 0) is 24.1 Å². The fraction of sp³-hybridized carbons (Fsp3) is 0.421. The highest BCUT2D eigenvalue weighted by Gasteiger charge is 2.70. The summed E-state index contributed by atoms with van der Waals surface area (Å²) in [5.74, 6) is -3.19. The number of fused-ring (bicyclic) bond motifs is 4. The van der Waals surface area contributed by atoms with Gasteiger partial charge in [0.05, 0.1) is 11.8 Å². The van der Waals surface area contributed by atoms with Crippen LogP contribution in [0.3, 0.4) is 0 Å². The molecule has 0 bridgehead atoms.